The van der Waals surface area contributed by atoms with Gasteiger partial charge in [-0.3, -0.25) is 14.9 Å². The maximum atomic E-state index is 12.2. The van der Waals surface area contributed by atoms with Gasteiger partial charge >= 0.3 is 0 Å². The molecule has 0 spiro atoms. The second-order valence-electron chi connectivity index (χ2n) is 5.65. The first kappa shape index (κ1) is 14.5. The van der Waals surface area contributed by atoms with Crippen molar-refractivity contribution in [3.8, 4) is 0 Å². The van der Waals surface area contributed by atoms with E-state index in [2.05, 4.69) is 19.2 Å². The number of amides is 1. The van der Waals surface area contributed by atoms with Crippen molar-refractivity contribution >= 4 is 11.6 Å². The molecule has 0 aliphatic heterocycles. The van der Waals surface area contributed by atoms with Crippen LogP contribution >= 0.6 is 0 Å². The first-order chi connectivity index (χ1) is 9.49. The van der Waals surface area contributed by atoms with Crippen molar-refractivity contribution in [3.05, 3.63) is 39.9 Å². The lowest BCUT2D eigenvalue weighted by atomic mass is 9.78. The Kier molecular flexibility index (Phi) is 4.37. The van der Waals surface area contributed by atoms with E-state index in [4.69, 9.17) is 0 Å². The first-order valence-corrected chi connectivity index (χ1v) is 7.04. The average Bonchev–Trinajstić information content (AvgIpc) is 2.44. The molecule has 108 valence electrons. The fourth-order valence-corrected chi connectivity index (χ4v) is 2.80. The van der Waals surface area contributed by atoms with Crippen molar-refractivity contribution in [2.24, 2.45) is 11.8 Å². The predicted molar refractivity (Wildman–Crippen MR) is 76.5 cm³/mol. The fourth-order valence-electron chi connectivity index (χ4n) is 2.80. The van der Waals surface area contributed by atoms with Crippen LogP contribution in [0.3, 0.4) is 0 Å². The second-order valence-corrected chi connectivity index (χ2v) is 5.65. The smallest absolute Gasteiger partial charge is 0.270 e. The lowest BCUT2D eigenvalue weighted by Gasteiger charge is -2.34. The Morgan fingerprint density at radius 2 is 2.10 bits per heavy atom. The van der Waals surface area contributed by atoms with Crippen LogP contribution in [0.2, 0.25) is 0 Å². The van der Waals surface area contributed by atoms with Gasteiger partial charge in [-0.15, -0.1) is 0 Å². The van der Waals surface area contributed by atoms with Gasteiger partial charge in [0.2, 0.25) is 0 Å². The van der Waals surface area contributed by atoms with Crippen LogP contribution in [0, 0.1) is 22.0 Å². The second kappa shape index (κ2) is 6.03. The highest BCUT2D eigenvalue weighted by molar-refractivity contribution is 5.95. The van der Waals surface area contributed by atoms with Gasteiger partial charge in [0.25, 0.3) is 11.6 Å². The molecule has 1 aliphatic carbocycles. The van der Waals surface area contributed by atoms with Gasteiger partial charge in [0, 0.05) is 23.7 Å². The average molecular weight is 276 g/mol. The lowest BCUT2D eigenvalue weighted by Crippen LogP contribution is -2.43. The van der Waals surface area contributed by atoms with Crippen LogP contribution in [0.4, 0.5) is 5.69 Å². The van der Waals surface area contributed by atoms with Gasteiger partial charge in [0.05, 0.1) is 4.92 Å². The van der Waals surface area contributed by atoms with Gasteiger partial charge in [0.15, 0.2) is 0 Å². The largest absolute Gasteiger partial charge is 0.349 e. The van der Waals surface area contributed by atoms with E-state index < -0.39 is 4.92 Å². The Labute approximate surface area is 118 Å². The summed E-state index contributed by atoms with van der Waals surface area (Å²) in [6, 6.07) is 6.03. The highest BCUT2D eigenvalue weighted by atomic mass is 16.6. The molecular weight excluding hydrogens is 256 g/mol. The van der Waals surface area contributed by atoms with Crippen molar-refractivity contribution in [1.82, 2.24) is 5.32 Å². The molecule has 1 aromatic carbocycles. The number of nitro groups is 1. The zero-order valence-electron chi connectivity index (χ0n) is 11.8. The van der Waals surface area contributed by atoms with Crippen LogP contribution in [0.1, 0.15) is 43.5 Å². The highest BCUT2D eigenvalue weighted by Crippen LogP contribution is 2.29. The maximum absolute atomic E-state index is 12.2. The van der Waals surface area contributed by atoms with E-state index >= 15 is 0 Å². The van der Waals surface area contributed by atoms with Crippen molar-refractivity contribution in [2.45, 2.75) is 39.2 Å². The Bertz CT molecular complexity index is 516. The van der Waals surface area contributed by atoms with E-state index in [0.717, 1.165) is 12.8 Å². The Morgan fingerprint density at radius 1 is 1.35 bits per heavy atom. The normalized spacial score (nSPS) is 26.0. The molecule has 0 aromatic heterocycles. The molecule has 1 saturated carbocycles. The van der Waals surface area contributed by atoms with Gasteiger partial charge in [-0.05, 0) is 24.3 Å². The van der Waals surface area contributed by atoms with Crippen molar-refractivity contribution < 1.29 is 9.72 Å². The molecule has 0 bridgehead atoms. The fraction of sp³-hybridized carbons (Fsp3) is 0.533. The van der Waals surface area contributed by atoms with E-state index in [1.54, 1.807) is 12.1 Å². The van der Waals surface area contributed by atoms with E-state index in [1.807, 2.05) is 0 Å². The van der Waals surface area contributed by atoms with E-state index in [1.165, 1.54) is 18.6 Å². The van der Waals surface area contributed by atoms with E-state index in [-0.39, 0.29) is 17.6 Å². The zero-order valence-corrected chi connectivity index (χ0v) is 11.8. The summed E-state index contributed by atoms with van der Waals surface area (Å²) in [6.45, 7) is 4.36. The molecule has 1 N–H and O–H groups in total. The number of hydrogen-bond acceptors (Lipinski definition) is 3. The third-order valence-corrected chi connectivity index (χ3v) is 4.34. The van der Waals surface area contributed by atoms with Crippen molar-refractivity contribution in [3.63, 3.8) is 0 Å². The highest BCUT2D eigenvalue weighted by Gasteiger charge is 2.28. The van der Waals surface area contributed by atoms with Crippen LogP contribution < -0.4 is 5.32 Å². The summed E-state index contributed by atoms with van der Waals surface area (Å²) in [7, 11) is 0. The number of benzene rings is 1. The number of rotatable bonds is 3. The quantitative estimate of drug-likeness (QED) is 0.681. The van der Waals surface area contributed by atoms with E-state index in [9.17, 15) is 14.9 Å². The number of non-ortho nitro benzene ring substituents is 1. The maximum Gasteiger partial charge on any atom is 0.270 e. The number of hydrogen-bond donors (Lipinski definition) is 1. The molecule has 20 heavy (non-hydrogen) atoms. The SMILES string of the molecule is CC1CCCC(NC(=O)c2cccc([N+](=O)[O-])c2)C1C. The minimum atomic E-state index is -0.484. The molecule has 5 heteroatoms. The third-order valence-electron chi connectivity index (χ3n) is 4.34. The molecule has 0 saturated heterocycles. The van der Waals surface area contributed by atoms with E-state index in [0.29, 0.717) is 17.4 Å². The van der Waals surface area contributed by atoms with Crippen molar-refractivity contribution in [1.29, 1.82) is 0 Å². The summed E-state index contributed by atoms with van der Waals surface area (Å²) < 4.78 is 0. The molecule has 2 rings (SSSR count). The molecule has 3 atom stereocenters. The summed E-state index contributed by atoms with van der Waals surface area (Å²) in [5.41, 5.74) is 0.298. The molecule has 1 aliphatic rings. The standard InChI is InChI=1S/C15H20N2O3/c1-10-5-3-8-14(11(10)2)16-15(18)12-6-4-7-13(9-12)17(19)20/h4,6-7,9-11,14H,3,5,8H2,1-2H3,(H,16,18). The Morgan fingerprint density at radius 3 is 2.80 bits per heavy atom. The summed E-state index contributed by atoms with van der Waals surface area (Å²) in [5, 5.41) is 13.8. The molecule has 3 unspecified atom stereocenters. The summed E-state index contributed by atoms with van der Waals surface area (Å²) in [6.07, 6.45) is 3.29. The number of nitrogens with zero attached hydrogens (tertiary/aromatic N) is 1. The van der Waals surface area contributed by atoms with Crippen LogP contribution in [0.5, 0.6) is 0 Å². The van der Waals surface area contributed by atoms with Gasteiger partial charge in [0.1, 0.15) is 0 Å². The number of carbonyl (C=O) groups excluding carboxylic acids is 1. The summed E-state index contributed by atoms with van der Waals surface area (Å²) in [5.74, 6) is 0.810. The van der Waals surface area contributed by atoms with Gasteiger partial charge < -0.3 is 5.32 Å². The number of nitrogens with one attached hydrogen (secondary N) is 1. The van der Waals surface area contributed by atoms with Crippen LogP contribution in [-0.4, -0.2) is 16.9 Å². The molecule has 5 nitrogen and oxygen atoms in total. The van der Waals surface area contributed by atoms with Crippen LogP contribution in [-0.2, 0) is 0 Å². The van der Waals surface area contributed by atoms with Crippen molar-refractivity contribution in [2.75, 3.05) is 0 Å². The first-order valence-electron chi connectivity index (χ1n) is 7.04. The molecule has 0 radical (unpaired) electrons. The zero-order chi connectivity index (χ0) is 14.7. The lowest BCUT2D eigenvalue weighted by molar-refractivity contribution is -0.384. The predicted octanol–water partition coefficient (Wildman–Crippen LogP) is 3.15. The minimum Gasteiger partial charge on any atom is -0.349 e. The molecular formula is C15H20N2O3. The Hall–Kier alpha value is -1.91. The molecule has 1 fully saturated rings. The minimum absolute atomic E-state index is 0.0530. The molecule has 1 amide bonds. The van der Waals surface area contributed by atoms with Gasteiger partial charge in [-0.25, -0.2) is 0 Å². The number of nitro benzene ring substituents is 1. The van der Waals surface area contributed by atoms with Crippen LogP contribution in [0.25, 0.3) is 0 Å². The number of carbonyl (C=O) groups is 1. The topological polar surface area (TPSA) is 72.2 Å². The summed E-state index contributed by atoms with van der Waals surface area (Å²) in [4.78, 5) is 22.5. The summed E-state index contributed by atoms with van der Waals surface area (Å²) >= 11 is 0. The Balaban J connectivity index is 2.08. The molecule has 1 aromatic rings. The van der Waals surface area contributed by atoms with Crippen LogP contribution in [0.15, 0.2) is 24.3 Å². The molecule has 0 heterocycles. The van der Waals surface area contributed by atoms with Gasteiger partial charge in [-0.2, -0.15) is 0 Å². The third kappa shape index (κ3) is 3.15. The van der Waals surface area contributed by atoms with Gasteiger partial charge in [-0.1, -0.05) is 32.8 Å². The monoisotopic (exact) mass is 276 g/mol.